The van der Waals surface area contributed by atoms with Gasteiger partial charge in [0, 0.05) is 0 Å². The molecule has 0 aromatic carbocycles. The van der Waals surface area contributed by atoms with E-state index in [4.69, 9.17) is 0 Å². The van der Waals surface area contributed by atoms with Gasteiger partial charge < -0.3 is 4.48 Å². The molecule has 30 heavy (non-hydrogen) atoms. The maximum Gasteiger partial charge on any atom is 0.0814 e. The lowest BCUT2D eigenvalue weighted by Gasteiger charge is -2.39. The average Bonchev–Trinajstić information content (AvgIpc) is 2.74. The van der Waals surface area contributed by atoms with Gasteiger partial charge in [-0.15, -0.1) is 0 Å². The van der Waals surface area contributed by atoms with Crippen LogP contribution in [0.3, 0.4) is 0 Å². The van der Waals surface area contributed by atoms with E-state index in [1.54, 1.807) is 0 Å². The molecule has 0 heterocycles. The molecule has 0 aliphatic carbocycles. The summed E-state index contributed by atoms with van der Waals surface area (Å²) in [4.78, 5) is 0. The number of quaternary nitrogens is 1. The van der Waals surface area contributed by atoms with Crippen LogP contribution in [0.2, 0.25) is 0 Å². The molecule has 0 unspecified atom stereocenters. The minimum absolute atomic E-state index is 0. The van der Waals surface area contributed by atoms with Crippen LogP contribution < -0.4 is 0 Å². The van der Waals surface area contributed by atoms with Gasteiger partial charge >= 0.3 is 0 Å². The van der Waals surface area contributed by atoms with Crippen molar-refractivity contribution in [1.82, 2.24) is 0 Å². The van der Waals surface area contributed by atoms with E-state index in [1.165, 1.54) is 159 Å². The second kappa shape index (κ2) is 25.3. The molecule has 0 spiro atoms. The molecule has 0 aromatic rings. The topological polar surface area (TPSA) is 0 Å². The minimum Gasteiger partial charge on any atom is -0.324 e. The summed E-state index contributed by atoms with van der Waals surface area (Å²) in [6, 6.07) is 0. The van der Waals surface area contributed by atoms with E-state index >= 15 is 0 Å². The Hall–Kier alpha value is 0.0249. The van der Waals surface area contributed by atoms with Gasteiger partial charge in [-0.1, -0.05) is 124 Å². The fraction of sp³-hybridized carbons (Fsp3) is 1.00. The Morgan fingerprint density at radius 1 is 0.300 bits per heavy atom. The highest BCUT2D eigenvalue weighted by molar-refractivity contribution is 5.75. The van der Waals surface area contributed by atoms with Crippen LogP contribution in [0.25, 0.3) is 0 Å². The summed E-state index contributed by atoms with van der Waals surface area (Å²) in [6.45, 7) is 15.2. The predicted molar refractivity (Wildman–Crippen MR) is 145 cm³/mol. The van der Waals surface area contributed by atoms with Crippen LogP contribution in [-0.4, -0.2) is 39.1 Å². The molecule has 0 aromatic heterocycles. The van der Waals surface area contributed by atoms with Crippen LogP contribution in [0.15, 0.2) is 0 Å². The number of hydrogen-bond acceptors (Lipinski definition) is 0. The second-order valence-corrected chi connectivity index (χ2v) is 9.89. The van der Waals surface area contributed by atoms with E-state index in [9.17, 15) is 0 Å². The Morgan fingerprint density at radius 2 is 0.533 bits per heavy atom. The summed E-state index contributed by atoms with van der Waals surface area (Å²) in [5, 5.41) is 0. The van der Waals surface area contributed by atoms with Crippen LogP contribution in [-0.2, 0) is 0 Å². The van der Waals surface area contributed by atoms with Crippen molar-refractivity contribution in [2.75, 3.05) is 26.2 Å². The van der Waals surface area contributed by atoms with Gasteiger partial charge in [0.05, 0.1) is 34.6 Å². The first-order chi connectivity index (χ1) is 14.2. The van der Waals surface area contributed by atoms with Gasteiger partial charge in [-0.3, -0.25) is 0 Å². The normalized spacial score (nSPS) is 11.6. The Bertz CT molecular complexity index is 283. The third-order valence-electron chi connectivity index (χ3n) is 6.94. The number of unbranched alkanes of at least 4 members (excludes halogenated alkanes) is 16. The molecule has 0 rings (SSSR count). The zero-order valence-electron chi connectivity index (χ0n) is 21.4. The van der Waals surface area contributed by atoms with Crippen LogP contribution in [0.1, 0.15) is 156 Å². The highest BCUT2D eigenvalue weighted by Gasteiger charge is 2.24. The molecule has 1 nitrogen and oxygen atoms in total. The van der Waals surface area contributed by atoms with Crippen molar-refractivity contribution in [3.8, 4) is 0 Å². The van der Waals surface area contributed by atoms with E-state index in [2.05, 4.69) is 27.7 Å². The molecule has 0 amide bonds. The van der Waals surface area contributed by atoms with Gasteiger partial charge in [0.15, 0.2) is 0 Å². The fourth-order valence-corrected chi connectivity index (χ4v) is 4.79. The molecule has 0 bridgehead atoms. The van der Waals surface area contributed by atoms with Gasteiger partial charge in [0.2, 0.25) is 0 Å². The van der Waals surface area contributed by atoms with Crippen molar-refractivity contribution in [3.05, 3.63) is 0 Å². The quantitative estimate of drug-likeness (QED) is 0.0827. The lowest BCUT2D eigenvalue weighted by Crippen LogP contribution is -2.50. The molecular weight excluding hydrogens is 361 g/mol. The van der Waals surface area contributed by atoms with Crippen molar-refractivity contribution in [1.29, 1.82) is 0 Å². The average molecular weight is 425 g/mol. The monoisotopic (exact) mass is 425 g/mol. The van der Waals surface area contributed by atoms with Crippen molar-refractivity contribution in [2.45, 2.75) is 156 Å². The molecule has 0 aliphatic rings. The SMILES string of the molecule is B.CCCCCCCCCCCCCCCC[N+](CCCC)(CCCC)CCCC. The molecule has 182 valence electrons. The maximum atomic E-state index is 2.36. The number of rotatable bonds is 24. The Kier molecular flexibility index (Phi) is 27.1. The Morgan fingerprint density at radius 3 is 0.833 bits per heavy atom. The standard InChI is InChI=1S/C28H60N.BH3/c1-5-9-13-14-15-16-17-18-19-20-21-22-23-24-28-29(25-10-6-2,26-11-7-3)27-12-8-4;/h5-28H2,1-4H3;1H3/q+1;. The number of nitrogens with zero attached hydrogens (tertiary/aromatic N) is 1. The van der Waals surface area contributed by atoms with Gasteiger partial charge in [0.25, 0.3) is 0 Å². The van der Waals surface area contributed by atoms with E-state index in [1.807, 2.05) is 0 Å². The molecule has 0 aliphatic heterocycles. The second-order valence-electron chi connectivity index (χ2n) is 9.89. The zero-order chi connectivity index (χ0) is 21.5. The Balaban J connectivity index is 0. The van der Waals surface area contributed by atoms with E-state index < -0.39 is 0 Å². The molecule has 0 fully saturated rings. The molecule has 0 saturated carbocycles. The lowest BCUT2D eigenvalue weighted by atomic mass is 10.0. The molecule has 0 saturated heterocycles. The third kappa shape index (κ3) is 20.0. The van der Waals surface area contributed by atoms with Gasteiger partial charge in [-0.2, -0.15) is 0 Å². The van der Waals surface area contributed by atoms with Crippen molar-refractivity contribution < 1.29 is 4.48 Å². The van der Waals surface area contributed by atoms with Gasteiger partial charge in [-0.25, -0.2) is 0 Å². The lowest BCUT2D eigenvalue weighted by molar-refractivity contribution is -0.929. The summed E-state index contributed by atoms with van der Waals surface area (Å²) < 4.78 is 1.44. The first kappa shape index (κ1) is 32.2. The van der Waals surface area contributed by atoms with Crippen LogP contribution in [0.4, 0.5) is 0 Å². The molecule has 0 radical (unpaired) electrons. The largest absolute Gasteiger partial charge is 0.324 e. The Labute approximate surface area is 195 Å². The smallest absolute Gasteiger partial charge is 0.0814 e. The van der Waals surface area contributed by atoms with E-state index in [-0.39, 0.29) is 8.41 Å². The summed E-state index contributed by atoms with van der Waals surface area (Å²) in [7, 11) is 0. The van der Waals surface area contributed by atoms with E-state index in [0.717, 1.165) is 0 Å². The summed E-state index contributed by atoms with van der Waals surface area (Å²) in [5.74, 6) is 0. The van der Waals surface area contributed by atoms with Crippen LogP contribution in [0.5, 0.6) is 0 Å². The molecule has 2 heteroatoms. The maximum absolute atomic E-state index is 2.36. The van der Waals surface area contributed by atoms with Gasteiger partial charge in [-0.05, 0) is 32.1 Å². The first-order valence-electron chi connectivity index (χ1n) is 14.1. The summed E-state index contributed by atoms with van der Waals surface area (Å²) in [6.07, 6.45) is 28.9. The highest BCUT2D eigenvalue weighted by atomic mass is 15.3. The highest BCUT2D eigenvalue weighted by Crippen LogP contribution is 2.18. The van der Waals surface area contributed by atoms with Crippen molar-refractivity contribution >= 4 is 8.41 Å². The fourth-order valence-electron chi connectivity index (χ4n) is 4.79. The van der Waals surface area contributed by atoms with Crippen molar-refractivity contribution in [3.63, 3.8) is 0 Å². The third-order valence-corrected chi connectivity index (χ3v) is 6.94. The molecule has 0 atom stereocenters. The minimum atomic E-state index is 0. The van der Waals surface area contributed by atoms with Gasteiger partial charge in [0.1, 0.15) is 0 Å². The number of hydrogen-bond donors (Lipinski definition) is 0. The van der Waals surface area contributed by atoms with E-state index in [0.29, 0.717) is 0 Å². The van der Waals surface area contributed by atoms with Crippen LogP contribution in [0, 0.1) is 0 Å². The predicted octanol–water partition coefficient (Wildman–Crippen LogP) is 8.50. The molecular formula is C28H63BN+. The first-order valence-corrected chi connectivity index (χ1v) is 14.1. The molecule has 0 N–H and O–H groups in total. The van der Waals surface area contributed by atoms with Crippen LogP contribution >= 0.6 is 0 Å². The summed E-state index contributed by atoms with van der Waals surface area (Å²) >= 11 is 0. The zero-order valence-corrected chi connectivity index (χ0v) is 21.4. The van der Waals surface area contributed by atoms with Crippen molar-refractivity contribution in [2.24, 2.45) is 0 Å². The summed E-state index contributed by atoms with van der Waals surface area (Å²) in [5.41, 5.74) is 0.